The molecule has 3 heterocycles. The number of ketones is 1. The van der Waals surface area contributed by atoms with Crippen LogP contribution in [-0.2, 0) is 6.42 Å². The molecule has 5 nitrogen and oxygen atoms in total. The number of carbonyl (C=O) groups excluding carboxylic acids is 1. The number of fused-ring (bicyclic) bond motifs is 1. The first-order valence-electron chi connectivity index (χ1n) is 8.80. The van der Waals surface area contributed by atoms with Crippen molar-refractivity contribution in [1.82, 2.24) is 14.5 Å². The summed E-state index contributed by atoms with van der Waals surface area (Å²) >= 11 is 0. The Morgan fingerprint density at radius 1 is 1.23 bits per heavy atom. The Morgan fingerprint density at radius 3 is 2.92 bits per heavy atom. The Kier molecular flexibility index (Phi) is 4.04. The second-order valence-electron chi connectivity index (χ2n) is 7.52. The zero-order chi connectivity index (χ0) is 18.1. The molecule has 0 radical (unpaired) electrons. The predicted octanol–water partition coefficient (Wildman–Crippen LogP) is 3.15. The Balaban J connectivity index is 1.58. The molecule has 0 amide bonds. The summed E-state index contributed by atoms with van der Waals surface area (Å²) in [6, 6.07) is 6.71. The van der Waals surface area contributed by atoms with Crippen molar-refractivity contribution in [3.05, 3.63) is 53.4 Å². The van der Waals surface area contributed by atoms with Gasteiger partial charge in [-0.05, 0) is 36.3 Å². The van der Waals surface area contributed by atoms with Gasteiger partial charge in [0.05, 0.1) is 11.4 Å². The third kappa shape index (κ3) is 3.36. The molecule has 130 valence electrons. The number of hydrogen-bond acceptors (Lipinski definition) is 4. The van der Waals surface area contributed by atoms with Gasteiger partial charge in [0.2, 0.25) is 0 Å². The highest BCUT2D eigenvalue weighted by atomic mass is 16.1. The monoisotopic (exact) mass is 344 g/mol. The maximum atomic E-state index is 12.2. The van der Waals surface area contributed by atoms with Crippen molar-refractivity contribution in [2.75, 3.05) is 6.54 Å². The lowest BCUT2D eigenvalue weighted by molar-refractivity contribution is 0.0910. The summed E-state index contributed by atoms with van der Waals surface area (Å²) in [5.74, 6) is 3.24. The lowest BCUT2D eigenvalue weighted by Crippen LogP contribution is -2.28. The van der Waals surface area contributed by atoms with Crippen LogP contribution in [0, 0.1) is 17.4 Å². The third-order valence-corrected chi connectivity index (χ3v) is 4.60. The van der Waals surface area contributed by atoms with Gasteiger partial charge in [0, 0.05) is 42.6 Å². The van der Waals surface area contributed by atoms with Gasteiger partial charge >= 0.3 is 0 Å². The molecule has 1 aliphatic heterocycles. The molecule has 5 heteroatoms. The number of imidazole rings is 1. The van der Waals surface area contributed by atoms with Gasteiger partial charge < -0.3 is 0 Å². The molecule has 0 aromatic carbocycles. The minimum absolute atomic E-state index is 0.0440. The van der Waals surface area contributed by atoms with Crippen molar-refractivity contribution >= 4 is 17.6 Å². The molecule has 0 unspecified atom stereocenters. The molecule has 1 aliphatic carbocycles. The number of aliphatic imine (C=N–C) groups is 1. The van der Waals surface area contributed by atoms with Crippen molar-refractivity contribution in [2.45, 2.75) is 33.1 Å². The predicted molar refractivity (Wildman–Crippen MR) is 101 cm³/mol. The molecule has 0 saturated heterocycles. The minimum atomic E-state index is -0.0440. The second kappa shape index (κ2) is 6.38. The van der Waals surface area contributed by atoms with Crippen molar-refractivity contribution in [2.24, 2.45) is 10.4 Å². The topological polar surface area (TPSA) is 60.1 Å². The van der Waals surface area contributed by atoms with Gasteiger partial charge in [0.1, 0.15) is 12.0 Å². The van der Waals surface area contributed by atoms with Gasteiger partial charge in [-0.25, -0.2) is 9.97 Å². The highest BCUT2D eigenvalue weighted by Crippen LogP contribution is 2.33. The maximum absolute atomic E-state index is 12.2. The van der Waals surface area contributed by atoms with Crippen LogP contribution in [0.2, 0.25) is 0 Å². The van der Waals surface area contributed by atoms with Gasteiger partial charge in [0.15, 0.2) is 5.78 Å². The maximum Gasteiger partial charge on any atom is 0.165 e. The fourth-order valence-electron chi connectivity index (χ4n) is 3.34. The Hall–Kier alpha value is -3.00. The number of dihydropyridines is 1. The first kappa shape index (κ1) is 16.5. The van der Waals surface area contributed by atoms with E-state index in [0.29, 0.717) is 12.1 Å². The summed E-state index contributed by atoms with van der Waals surface area (Å²) in [5, 5.41) is 0. The van der Waals surface area contributed by atoms with E-state index in [1.54, 1.807) is 10.9 Å². The van der Waals surface area contributed by atoms with Crippen molar-refractivity contribution in [1.29, 1.82) is 0 Å². The van der Waals surface area contributed by atoms with Crippen LogP contribution in [0.5, 0.6) is 0 Å². The van der Waals surface area contributed by atoms with Crippen LogP contribution in [0.25, 0.3) is 5.57 Å². The molecule has 4 rings (SSSR count). The minimum Gasteiger partial charge on any atom is -0.294 e. The average Bonchev–Trinajstić information content (AvgIpc) is 3.08. The highest BCUT2D eigenvalue weighted by molar-refractivity contribution is 6.09. The fourth-order valence-corrected chi connectivity index (χ4v) is 3.34. The molecular weight excluding hydrogens is 324 g/mol. The molecular formula is C21H20N4O. The van der Waals surface area contributed by atoms with Crippen LogP contribution >= 0.6 is 0 Å². The largest absolute Gasteiger partial charge is 0.294 e. The fraction of sp³-hybridized carbons (Fsp3) is 0.333. The molecule has 2 aromatic heterocycles. The summed E-state index contributed by atoms with van der Waals surface area (Å²) < 4.78 is 1.73. The molecule has 0 saturated carbocycles. The van der Waals surface area contributed by atoms with Crippen LogP contribution in [0.15, 0.2) is 35.7 Å². The summed E-state index contributed by atoms with van der Waals surface area (Å²) in [6.07, 6.45) is 9.89. The van der Waals surface area contributed by atoms with E-state index in [-0.39, 0.29) is 11.2 Å². The standard InChI is InChI=1S/C21H20N4O/c1-21(2)10-18-17(20(26)11-21)6-5-16(24-18)7-9-25-13-19(23-14-25)15-4-3-8-22-12-15/h4-6,12-14H,3,8,10-11H2,1-2H3. The molecule has 0 bridgehead atoms. The molecule has 0 N–H and O–H groups in total. The smallest absolute Gasteiger partial charge is 0.165 e. The SMILES string of the molecule is CC1(C)CC(=O)c2ccc(C#Cn3cnc(C4=CCCN=C4)c3)nc2C1. The van der Waals surface area contributed by atoms with E-state index in [9.17, 15) is 4.79 Å². The number of nitrogens with zero attached hydrogens (tertiary/aromatic N) is 4. The van der Waals surface area contributed by atoms with Gasteiger partial charge in [-0.2, -0.15) is 0 Å². The molecule has 0 spiro atoms. The van der Waals surface area contributed by atoms with Crippen molar-refractivity contribution in [3.63, 3.8) is 0 Å². The lowest BCUT2D eigenvalue weighted by atomic mass is 9.75. The highest BCUT2D eigenvalue weighted by Gasteiger charge is 2.31. The number of aromatic nitrogens is 3. The zero-order valence-corrected chi connectivity index (χ0v) is 15.0. The van der Waals surface area contributed by atoms with Gasteiger partial charge in [-0.1, -0.05) is 19.9 Å². The Bertz CT molecular complexity index is 999. The van der Waals surface area contributed by atoms with Crippen LogP contribution in [0.1, 0.15) is 54.1 Å². The summed E-state index contributed by atoms with van der Waals surface area (Å²) in [7, 11) is 0. The van der Waals surface area contributed by atoms with E-state index < -0.39 is 0 Å². The Morgan fingerprint density at radius 2 is 2.12 bits per heavy atom. The van der Waals surface area contributed by atoms with Gasteiger partial charge in [0.25, 0.3) is 0 Å². The van der Waals surface area contributed by atoms with E-state index in [1.165, 1.54) is 0 Å². The molecule has 0 atom stereocenters. The number of hydrogen-bond donors (Lipinski definition) is 0. The number of carbonyl (C=O) groups is 1. The van der Waals surface area contributed by atoms with Crippen LogP contribution in [0.3, 0.4) is 0 Å². The number of allylic oxidation sites excluding steroid dienone is 1. The average molecular weight is 344 g/mol. The van der Waals surface area contributed by atoms with E-state index in [4.69, 9.17) is 0 Å². The second-order valence-corrected chi connectivity index (χ2v) is 7.52. The van der Waals surface area contributed by atoms with Crippen molar-refractivity contribution in [3.8, 4) is 12.0 Å². The summed E-state index contributed by atoms with van der Waals surface area (Å²) in [5.41, 5.74) is 4.12. The molecule has 2 aliphatic rings. The summed E-state index contributed by atoms with van der Waals surface area (Å²) in [4.78, 5) is 25.5. The normalized spacial score (nSPS) is 17.9. The summed E-state index contributed by atoms with van der Waals surface area (Å²) in [6.45, 7) is 5.04. The van der Waals surface area contributed by atoms with Crippen LogP contribution < -0.4 is 0 Å². The molecule has 2 aromatic rings. The Labute approximate surface area is 152 Å². The molecule has 26 heavy (non-hydrogen) atoms. The number of rotatable bonds is 1. The van der Waals surface area contributed by atoms with Crippen LogP contribution in [0.4, 0.5) is 0 Å². The first-order chi connectivity index (χ1) is 12.5. The van der Waals surface area contributed by atoms with E-state index in [0.717, 1.165) is 41.9 Å². The van der Waals surface area contributed by atoms with Crippen molar-refractivity contribution < 1.29 is 4.79 Å². The number of Topliss-reactive ketones (excluding diaryl/α,β-unsaturated/α-hetero) is 1. The lowest BCUT2D eigenvalue weighted by Gasteiger charge is -2.29. The van der Waals surface area contributed by atoms with E-state index in [2.05, 4.69) is 46.8 Å². The zero-order valence-electron chi connectivity index (χ0n) is 15.0. The van der Waals surface area contributed by atoms with Crippen LogP contribution in [-0.4, -0.2) is 33.1 Å². The third-order valence-electron chi connectivity index (χ3n) is 4.60. The van der Waals surface area contributed by atoms with E-state index in [1.807, 2.05) is 24.5 Å². The van der Waals surface area contributed by atoms with E-state index >= 15 is 0 Å². The number of pyridine rings is 1. The van der Waals surface area contributed by atoms with Gasteiger partial charge in [-0.3, -0.25) is 14.4 Å². The molecule has 0 fully saturated rings. The van der Waals surface area contributed by atoms with Gasteiger partial charge in [-0.15, -0.1) is 0 Å². The quantitative estimate of drug-likeness (QED) is 0.747. The first-order valence-corrected chi connectivity index (χ1v) is 8.80.